The van der Waals surface area contributed by atoms with Gasteiger partial charge in [-0.3, -0.25) is 0 Å². The average molecular weight is 323 g/mol. The van der Waals surface area contributed by atoms with Crippen molar-refractivity contribution in [1.82, 2.24) is 10.2 Å². The molecular weight excluding hydrogens is 317 g/mol. The maximum atomic E-state index is 12.6. The number of rotatable bonds is 2. The lowest BCUT2D eigenvalue weighted by Gasteiger charge is -2.09. The molecule has 0 radical (unpaired) electrons. The monoisotopic (exact) mass is 322 g/mol. The number of halogens is 4. The molecule has 0 saturated carbocycles. The smallest absolute Gasteiger partial charge is 0.389 e. The number of aromatic nitrogens is 2. The van der Waals surface area contributed by atoms with Crippen molar-refractivity contribution in [2.45, 2.75) is 6.18 Å². The fourth-order valence-electron chi connectivity index (χ4n) is 1.23. The number of hydrogen-bond acceptors (Lipinski definition) is 5. The standard InChI is InChI=1S/C9H6BrF3N4O/c10-5-1-4(9(11,12)13)2-6(3-5)15-8-17-16-7(14)18-8/h1-3H,(H2,14,16)(H,15,17). The van der Waals surface area contributed by atoms with Crippen LogP contribution in [0.15, 0.2) is 27.1 Å². The summed E-state index contributed by atoms with van der Waals surface area (Å²) < 4.78 is 42.8. The van der Waals surface area contributed by atoms with Crippen LogP contribution in [-0.4, -0.2) is 10.2 Å². The van der Waals surface area contributed by atoms with Crippen molar-refractivity contribution < 1.29 is 17.6 Å². The van der Waals surface area contributed by atoms with Crippen LogP contribution in [0.4, 0.5) is 30.9 Å². The molecule has 0 atom stereocenters. The first-order valence-corrected chi connectivity index (χ1v) is 5.38. The predicted octanol–water partition coefficient (Wildman–Crippen LogP) is 3.18. The molecular formula is C9H6BrF3N4O. The third-order valence-corrected chi connectivity index (χ3v) is 2.37. The van der Waals surface area contributed by atoms with Crippen LogP contribution >= 0.6 is 15.9 Å². The highest BCUT2D eigenvalue weighted by Crippen LogP contribution is 2.34. The minimum absolute atomic E-state index is 0.0845. The van der Waals surface area contributed by atoms with Gasteiger partial charge in [-0.25, -0.2) is 0 Å². The van der Waals surface area contributed by atoms with Gasteiger partial charge in [-0.15, -0.1) is 0 Å². The Morgan fingerprint density at radius 1 is 1.22 bits per heavy atom. The highest BCUT2D eigenvalue weighted by Gasteiger charge is 2.31. The summed E-state index contributed by atoms with van der Waals surface area (Å²) in [5.74, 6) is 0. The Hall–Kier alpha value is -1.77. The third kappa shape index (κ3) is 2.92. The first-order chi connectivity index (χ1) is 8.34. The number of nitrogens with two attached hydrogens (primary N) is 1. The maximum Gasteiger partial charge on any atom is 0.416 e. The van der Waals surface area contributed by atoms with E-state index in [1.54, 1.807) is 0 Å². The van der Waals surface area contributed by atoms with Gasteiger partial charge in [-0.1, -0.05) is 26.1 Å². The van der Waals surface area contributed by atoms with Gasteiger partial charge in [-0.05, 0) is 18.2 Å². The van der Waals surface area contributed by atoms with E-state index in [0.29, 0.717) is 0 Å². The van der Waals surface area contributed by atoms with E-state index in [2.05, 4.69) is 31.4 Å². The van der Waals surface area contributed by atoms with Crippen LogP contribution in [0, 0.1) is 0 Å². The Morgan fingerprint density at radius 3 is 2.50 bits per heavy atom. The Bertz CT molecular complexity index is 569. The molecule has 18 heavy (non-hydrogen) atoms. The average Bonchev–Trinajstić information content (AvgIpc) is 2.61. The van der Waals surface area contributed by atoms with Crippen LogP contribution in [0.2, 0.25) is 0 Å². The predicted molar refractivity (Wildman–Crippen MR) is 61.1 cm³/mol. The molecule has 2 rings (SSSR count). The van der Waals surface area contributed by atoms with Gasteiger partial charge in [-0.2, -0.15) is 13.2 Å². The van der Waals surface area contributed by atoms with Crippen LogP contribution in [0.1, 0.15) is 5.56 Å². The fourth-order valence-corrected chi connectivity index (χ4v) is 1.73. The van der Waals surface area contributed by atoms with Gasteiger partial charge >= 0.3 is 18.2 Å². The number of hydrogen-bond donors (Lipinski definition) is 2. The number of benzene rings is 1. The van der Waals surface area contributed by atoms with Gasteiger partial charge in [0.05, 0.1) is 5.56 Å². The molecule has 0 spiro atoms. The highest BCUT2D eigenvalue weighted by atomic mass is 79.9. The summed E-state index contributed by atoms with van der Waals surface area (Å²) >= 11 is 2.99. The van der Waals surface area contributed by atoms with Gasteiger partial charge in [0, 0.05) is 10.2 Å². The van der Waals surface area contributed by atoms with Crippen LogP contribution in [-0.2, 0) is 6.18 Å². The molecule has 1 heterocycles. The first-order valence-electron chi connectivity index (χ1n) is 4.58. The van der Waals surface area contributed by atoms with Crippen LogP contribution in [0.5, 0.6) is 0 Å². The molecule has 1 aromatic carbocycles. The normalized spacial score (nSPS) is 11.6. The molecule has 0 saturated heterocycles. The van der Waals surface area contributed by atoms with Gasteiger partial charge in [0.25, 0.3) is 0 Å². The zero-order valence-electron chi connectivity index (χ0n) is 8.62. The molecule has 0 unspecified atom stereocenters. The minimum Gasteiger partial charge on any atom is -0.389 e. The molecule has 0 aliphatic heterocycles. The molecule has 0 bridgehead atoms. The quantitative estimate of drug-likeness (QED) is 0.888. The fraction of sp³-hybridized carbons (Fsp3) is 0.111. The zero-order valence-corrected chi connectivity index (χ0v) is 10.2. The number of anilines is 3. The summed E-state index contributed by atoms with van der Waals surface area (Å²) in [6.07, 6.45) is -4.44. The second kappa shape index (κ2) is 4.48. The molecule has 0 aliphatic rings. The van der Waals surface area contributed by atoms with Crippen molar-refractivity contribution in [2.75, 3.05) is 11.1 Å². The second-order valence-corrected chi connectivity index (χ2v) is 4.21. The summed E-state index contributed by atoms with van der Waals surface area (Å²) in [5, 5.41) is 9.38. The highest BCUT2D eigenvalue weighted by molar-refractivity contribution is 9.10. The number of nitrogens with one attached hydrogen (secondary N) is 1. The first kappa shape index (κ1) is 12.7. The van der Waals surface area contributed by atoms with E-state index in [-0.39, 0.29) is 22.2 Å². The Labute approximate surface area is 107 Å². The van der Waals surface area contributed by atoms with E-state index in [0.717, 1.165) is 12.1 Å². The summed E-state index contributed by atoms with van der Waals surface area (Å²) in [4.78, 5) is 0. The topological polar surface area (TPSA) is 77.0 Å². The Balaban J connectivity index is 2.31. The number of nitrogen functional groups attached to an aromatic ring is 1. The zero-order chi connectivity index (χ0) is 13.3. The summed E-state index contributed by atoms with van der Waals surface area (Å²) in [7, 11) is 0. The van der Waals surface area contributed by atoms with Crippen molar-refractivity contribution in [3.05, 3.63) is 28.2 Å². The van der Waals surface area contributed by atoms with Crippen LogP contribution in [0.25, 0.3) is 0 Å². The molecule has 0 aliphatic carbocycles. The van der Waals surface area contributed by atoms with Crippen LogP contribution < -0.4 is 11.1 Å². The van der Waals surface area contributed by atoms with Crippen molar-refractivity contribution in [1.29, 1.82) is 0 Å². The van der Waals surface area contributed by atoms with E-state index < -0.39 is 11.7 Å². The second-order valence-electron chi connectivity index (χ2n) is 3.30. The molecule has 96 valence electrons. The number of alkyl halides is 3. The molecule has 0 fully saturated rings. The van der Waals surface area contributed by atoms with Crippen molar-refractivity contribution >= 4 is 33.6 Å². The van der Waals surface area contributed by atoms with Crippen molar-refractivity contribution in [3.63, 3.8) is 0 Å². The van der Waals surface area contributed by atoms with E-state index in [4.69, 9.17) is 10.2 Å². The molecule has 9 heteroatoms. The summed E-state index contributed by atoms with van der Waals surface area (Å²) in [5.41, 5.74) is 4.55. The molecule has 3 N–H and O–H groups in total. The minimum atomic E-state index is -4.44. The van der Waals surface area contributed by atoms with E-state index >= 15 is 0 Å². The van der Waals surface area contributed by atoms with Crippen molar-refractivity contribution in [2.24, 2.45) is 0 Å². The van der Waals surface area contributed by atoms with E-state index in [1.807, 2.05) is 0 Å². The maximum absolute atomic E-state index is 12.6. The van der Waals surface area contributed by atoms with E-state index in [9.17, 15) is 13.2 Å². The van der Waals surface area contributed by atoms with E-state index in [1.165, 1.54) is 6.07 Å². The van der Waals surface area contributed by atoms with Gasteiger partial charge < -0.3 is 15.5 Å². The molecule has 2 aromatic rings. The third-order valence-electron chi connectivity index (χ3n) is 1.92. The SMILES string of the molecule is Nc1nnc(Nc2cc(Br)cc(C(F)(F)F)c2)o1. The number of nitrogens with zero attached hydrogens (tertiary/aromatic N) is 2. The Kier molecular flexibility index (Phi) is 3.16. The lowest BCUT2D eigenvalue weighted by atomic mass is 10.2. The molecule has 5 nitrogen and oxygen atoms in total. The lowest BCUT2D eigenvalue weighted by Crippen LogP contribution is -2.05. The Morgan fingerprint density at radius 2 is 1.94 bits per heavy atom. The molecule has 0 amide bonds. The van der Waals surface area contributed by atoms with Gasteiger partial charge in [0.15, 0.2) is 0 Å². The largest absolute Gasteiger partial charge is 0.416 e. The summed E-state index contributed by atoms with van der Waals surface area (Å²) in [6.45, 7) is 0. The molecule has 1 aromatic heterocycles. The van der Waals surface area contributed by atoms with Crippen molar-refractivity contribution in [3.8, 4) is 0 Å². The lowest BCUT2D eigenvalue weighted by molar-refractivity contribution is -0.137. The van der Waals surface area contributed by atoms with Crippen LogP contribution in [0.3, 0.4) is 0 Å². The summed E-state index contributed by atoms with van der Waals surface area (Å²) in [6, 6.07) is 3.07. The van der Waals surface area contributed by atoms with Gasteiger partial charge in [0.1, 0.15) is 0 Å². The van der Waals surface area contributed by atoms with Gasteiger partial charge in [0.2, 0.25) is 0 Å².